The van der Waals surface area contributed by atoms with Gasteiger partial charge in [-0.1, -0.05) is 12.1 Å². The minimum absolute atomic E-state index is 0.157. The zero-order chi connectivity index (χ0) is 24.5. The van der Waals surface area contributed by atoms with Gasteiger partial charge in [-0.15, -0.1) is 0 Å². The Morgan fingerprint density at radius 3 is 2.56 bits per heavy atom. The van der Waals surface area contributed by atoms with Gasteiger partial charge in [-0.25, -0.2) is 0 Å². The highest BCUT2D eigenvalue weighted by atomic mass is 16.2. The third kappa shape index (κ3) is 4.15. The molecule has 1 fully saturated rings. The molecule has 0 saturated carbocycles. The molecule has 4 heterocycles. The first-order valence-electron chi connectivity index (χ1n) is 11.9. The van der Waals surface area contributed by atoms with Gasteiger partial charge >= 0.3 is 0 Å². The third-order valence-electron chi connectivity index (χ3n) is 6.60. The van der Waals surface area contributed by atoms with Crippen molar-refractivity contribution in [2.45, 2.75) is 19.3 Å². The molecule has 0 atom stereocenters. The normalized spacial score (nSPS) is 14.5. The van der Waals surface area contributed by atoms with Gasteiger partial charge in [-0.05, 0) is 60.0 Å². The fourth-order valence-corrected chi connectivity index (χ4v) is 4.77. The minimum atomic E-state index is -0.157. The highest BCUT2D eigenvalue weighted by Crippen LogP contribution is 2.35. The zero-order valence-electron chi connectivity index (χ0n) is 19.5. The number of carbonyl (C=O) groups excluding carboxylic acids is 2. The molecule has 1 aliphatic heterocycles. The van der Waals surface area contributed by atoms with Gasteiger partial charge in [0.2, 0.25) is 5.91 Å². The van der Waals surface area contributed by atoms with Crippen LogP contribution in [0.4, 0.5) is 11.4 Å². The monoisotopic (exact) mass is 473 g/mol. The predicted molar refractivity (Wildman–Crippen MR) is 139 cm³/mol. The van der Waals surface area contributed by atoms with Gasteiger partial charge in [0.1, 0.15) is 0 Å². The highest BCUT2D eigenvalue weighted by molar-refractivity contribution is 6.09. The summed E-state index contributed by atoms with van der Waals surface area (Å²) in [5, 5.41) is 2.90. The number of hydrogen-bond acceptors (Lipinski definition) is 5. The molecule has 1 aromatic carbocycles. The fourth-order valence-electron chi connectivity index (χ4n) is 4.77. The van der Waals surface area contributed by atoms with Crippen LogP contribution in [0.3, 0.4) is 0 Å². The minimum Gasteiger partial charge on any atom is -0.321 e. The number of anilines is 2. The number of hydrogen-bond donors (Lipinski definition) is 1. The Morgan fingerprint density at radius 1 is 0.917 bits per heavy atom. The summed E-state index contributed by atoms with van der Waals surface area (Å²) in [5.74, 6) is 0.0231. The van der Waals surface area contributed by atoms with Gasteiger partial charge in [0.05, 0.1) is 17.6 Å². The summed E-state index contributed by atoms with van der Waals surface area (Å²) in [6, 6.07) is 15.7. The topological polar surface area (TPSA) is 88.1 Å². The van der Waals surface area contributed by atoms with Crippen LogP contribution in [-0.2, 0) is 16.0 Å². The Labute approximate surface area is 208 Å². The van der Waals surface area contributed by atoms with Crippen LogP contribution in [0.2, 0.25) is 0 Å². The standard InChI is InChI=1S/C29H23N5O2/c35-28-4-2-12-34(28)24-7-5-19(6-8-24)21-13-22(17-31-16-21)25-9-11-32-27-15-20(14-26(25)27)29(36)33-23-3-1-10-30-18-23/h1,3,5-11,13-14,16-18H,2,4,12,15H2,(H,33,36). The first-order chi connectivity index (χ1) is 17.7. The summed E-state index contributed by atoms with van der Waals surface area (Å²) < 4.78 is 0. The Balaban J connectivity index is 1.27. The van der Waals surface area contributed by atoms with Crippen LogP contribution in [0.15, 0.2) is 85.1 Å². The Hall–Kier alpha value is -4.65. The first kappa shape index (κ1) is 21.9. The first-order valence-corrected chi connectivity index (χ1v) is 11.9. The van der Waals surface area contributed by atoms with Crippen molar-refractivity contribution >= 4 is 29.3 Å². The van der Waals surface area contributed by atoms with E-state index in [1.807, 2.05) is 59.8 Å². The van der Waals surface area contributed by atoms with Crippen molar-refractivity contribution in [1.29, 1.82) is 0 Å². The molecule has 1 aliphatic carbocycles. The smallest absolute Gasteiger partial charge is 0.252 e. The number of carbonyl (C=O) groups is 2. The van der Waals surface area contributed by atoms with Crippen LogP contribution < -0.4 is 10.2 Å². The van der Waals surface area contributed by atoms with Crippen molar-refractivity contribution in [2.24, 2.45) is 0 Å². The van der Waals surface area contributed by atoms with Crippen LogP contribution in [0.1, 0.15) is 24.1 Å². The van der Waals surface area contributed by atoms with E-state index in [4.69, 9.17) is 0 Å². The third-order valence-corrected chi connectivity index (χ3v) is 6.60. The second-order valence-corrected chi connectivity index (χ2v) is 8.92. The summed E-state index contributed by atoms with van der Waals surface area (Å²) in [7, 11) is 0. The van der Waals surface area contributed by atoms with Gasteiger partial charge in [0, 0.05) is 72.1 Å². The van der Waals surface area contributed by atoms with Gasteiger partial charge < -0.3 is 10.2 Å². The maximum Gasteiger partial charge on any atom is 0.252 e. The SMILES string of the molecule is O=C(Nc1cccnc1)C1=Cc2c(-c3cncc(-c4ccc(N5CCCC5=O)cc4)c3)ccnc2C1. The molecule has 0 unspecified atom stereocenters. The Morgan fingerprint density at radius 2 is 1.78 bits per heavy atom. The highest BCUT2D eigenvalue weighted by Gasteiger charge is 2.23. The number of fused-ring (bicyclic) bond motifs is 1. The second kappa shape index (κ2) is 9.19. The van der Waals surface area contributed by atoms with E-state index in [9.17, 15) is 9.59 Å². The van der Waals surface area contributed by atoms with E-state index in [0.717, 1.165) is 52.2 Å². The molecule has 2 amide bonds. The van der Waals surface area contributed by atoms with Crippen LogP contribution in [-0.4, -0.2) is 33.3 Å². The van der Waals surface area contributed by atoms with Crippen LogP contribution in [0.25, 0.3) is 28.3 Å². The van der Waals surface area contributed by atoms with E-state index in [1.165, 1.54) is 0 Å². The predicted octanol–water partition coefficient (Wildman–Crippen LogP) is 4.91. The van der Waals surface area contributed by atoms with Crippen LogP contribution in [0, 0.1) is 0 Å². The van der Waals surface area contributed by atoms with Gasteiger partial charge in [-0.3, -0.25) is 24.5 Å². The van der Waals surface area contributed by atoms with Crippen LogP contribution in [0.5, 0.6) is 0 Å². The summed E-state index contributed by atoms with van der Waals surface area (Å²) >= 11 is 0. The lowest BCUT2D eigenvalue weighted by molar-refractivity contribution is -0.117. The number of amides is 2. The maximum atomic E-state index is 12.8. The van der Waals surface area contributed by atoms with E-state index in [0.29, 0.717) is 24.1 Å². The summed E-state index contributed by atoms with van der Waals surface area (Å²) in [4.78, 5) is 39.8. The maximum absolute atomic E-state index is 12.8. The average Bonchev–Trinajstić information content (AvgIpc) is 3.56. The van der Waals surface area contributed by atoms with Crippen molar-refractivity contribution in [2.75, 3.05) is 16.8 Å². The second-order valence-electron chi connectivity index (χ2n) is 8.92. The molecule has 36 heavy (non-hydrogen) atoms. The lowest BCUT2D eigenvalue weighted by atomic mass is 9.98. The van der Waals surface area contributed by atoms with E-state index < -0.39 is 0 Å². The Bertz CT molecular complexity index is 1500. The van der Waals surface area contributed by atoms with E-state index in [-0.39, 0.29) is 11.8 Å². The number of aromatic nitrogens is 3. The van der Waals surface area contributed by atoms with Crippen LogP contribution >= 0.6 is 0 Å². The van der Waals surface area contributed by atoms with Gasteiger partial charge in [0.15, 0.2) is 0 Å². The largest absolute Gasteiger partial charge is 0.321 e. The molecule has 0 spiro atoms. The van der Waals surface area contributed by atoms with Crippen molar-refractivity contribution < 1.29 is 9.59 Å². The molecule has 1 N–H and O–H groups in total. The molecule has 1 saturated heterocycles. The van der Waals surface area contributed by atoms with Gasteiger partial charge in [0.25, 0.3) is 5.91 Å². The molecule has 6 rings (SSSR count). The molecule has 176 valence electrons. The molecule has 7 nitrogen and oxygen atoms in total. The number of benzene rings is 1. The molecule has 2 aliphatic rings. The number of rotatable bonds is 5. The lowest BCUT2D eigenvalue weighted by Crippen LogP contribution is -2.23. The molecule has 0 bridgehead atoms. The van der Waals surface area contributed by atoms with Crippen molar-refractivity contribution in [1.82, 2.24) is 15.0 Å². The van der Waals surface area contributed by atoms with E-state index in [2.05, 4.69) is 26.3 Å². The van der Waals surface area contributed by atoms with E-state index >= 15 is 0 Å². The van der Waals surface area contributed by atoms with E-state index in [1.54, 1.807) is 24.7 Å². The van der Waals surface area contributed by atoms with Crippen molar-refractivity contribution in [3.63, 3.8) is 0 Å². The molecule has 3 aromatic heterocycles. The molecular formula is C29H23N5O2. The quantitative estimate of drug-likeness (QED) is 0.445. The molecule has 0 radical (unpaired) electrons. The summed E-state index contributed by atoms with van der Waals surface area (Å²) in [6.45, 7) is 0.776. The van der Waals surface area contributed by atoms with Crippen molar-refractivity contribution in [3.8, 4) is 22.3 Å². The summed E-state index contributed by atoms with van der Waals surface area (Å²) in [5.41, 5.74) is 8.00. The number of nitrogens with one attached hydrogen (secondary N) is 1. The molecule has 7 heteroatoms. The number of nitrogens with zero attached hydrogens (tertiary/aromatic N) is 4. The fraction of sp³-hybridized carbons (Fsp3) is 0.138. The van der Waals surface area contributed by atoms with Crippen molar-refractivity contribution in [3.05, 3.63) is 96.3 Å². The summed E-state index contributed by atoms with van der Waals surface area (Å²) in [6.07, 6.45) is 12.6. The van der Waals surface area contributed by atoms with Gasteiger partial charge in [-0.2, -0.15) is 0 Å². The molecule has 4 aromatic rings. The number of pyridine rings is 3. The Kier molecular flexibility index (Phi) is 5.58. The molecular weight excluding hydrogens is 450 g/mol. The zero-order valence-corrected chi connectivity index (χ0v) is 19.5. The lowest BCUT2D eigenvalue weighted by Gasteiger charge is -2.16. The average molecular weight is 474 g/mol.